The first kappa shape index (κ1) is 21.2. The lowest BCUT2D eigenvalue weighted by Crippen LogP contribution is -2.26. The predicted molar refractivity (Wildman–Crippen MR) is 108 cm³/mol. The highest BCUT2D eigenvalue weighted by Gasteiger charge is 2.25. The second-order valence-corrected chi connectivity index (χ2v) is 6.99. The van der Waals surface area contributed by atoms with Crippen LogP contribution in [0.5, 0.6) is 0 Å². The molecule has 3 heterocycles. The van der Waals surface area contributed by atoms with Crippen LogP contribution in [0.1, 0.15) is 28.9 Å². The molecule has 3 aromatic rings. The van der Waals surface area contributed by atoms with Crippen LogP contribution < -0.4 is 10.6 Å². The monoisotopic (exact) mass is 479 g/mol. The molecule has 3 aromatic heterocycles. The summed E-state index contributed by atoms with van der Waals surface area (Å²) < 4.78 is 8.10. The number of rotatable bonds is 8. The van der Waals surface area contributed by atoms with E-state index in [1.165, 1.54) is 21.8 Å². The van der Waals surface area contributed by atoms with Crippen molar-refractivity contribution in [1.82, 2.24) is 24.9 Å². The first-order valence-electron chi connectivity index (χ1n) is 8.85. The molecule has 0 saturated heterocycles. The molecular formula is C17H18BrN7O5. The van der Waals surface area contributed by atoms with Gasteiger partial charge in [0.05, 0.1) is 29.3 Å². The Kier molecular flexibility index (Phi) is 6.30. The Hall–Kier alpha value is -3.48. The van der Waals surface area contributed by atoms with Gasteiger partial charge < -0.3 is 25.2 Å². The molecule has 13 heteroatoms. The number of aryl methyl sites for hydroxylation is 1. The molecule has 0 aliphatic rings. The van der Waals surface area contributed by atoms with Crippen molar-refractivity contribution in [3.63, 3.8) is 0 Å². The third-order valence-electron chi connectivity index (χ3n) is 4.16. The number of carbonyl (C=O) groups is 2. The summed E-state index contributed by atoms with van der Waals surface area (Å²) in [5.74, 6) is -0.802. The Bertz CT molecular complexity index is 1090. The Morgan fingerprint density at radius 3 is 2.73 bits per heavy atom. The maximum Gasteiger partial charge on any atom is 0.404 e. The summed E-state index contributed by atoms with van der Waals surface area (Å²) >= 11 is 3.10. The highest BCUT2D eigenvalue weighted by atomic mass is 79.9. The molecule has 0 aliphatic carbocycles. The van der Waals surface area contributed by atoms with Crippen LogP contribution in [-0.2, 0) is 24.4 Å². The number of carbonyl (C=O) groups excluding carboxylic acids is 2. The van der Waals surface area contributed by atoms with Gasteiger partial charge in [0.25, 0.3) is 5.91 Å². The molecule has 0 fully saturated rings. The fourth-order valence-corrected chi connectivity index (χ4v) is 3.04. The first-order valence-corrected chi connectivity index (χ1v) is 9.64. The largest absolute Gasteiger partial charge is 0.467 e. The Labute approximate surface area is 178 Å². The quantitative estimate of drug-likeness (QED) is 0.371. The zero-order valence-corrected chi connectivity index (χ0v) is 17.7. The molecule has 0 aromatic carbocycles. The van der Waals surface area contributed by atoms with E-state index < -0.39 is 16.7 Å². The Morgan fingerprint density at radius 2 is 2.13 bits per heavy atom. The van der Waals surface area contributed by atoms with Gasteiger partial charge in [-0.3, -0.25) is 14.3 Å². The molecule has 30 heavy (non-hydrogen) atoms. The summed E-state index contributed by atoms with van der Waals surface area (Å²) in [6.45, 7) is 3.82. The molecule has 2 N–H and O–H groups in total. The number of nitrogens with zero attached hydrogens (tertiary/aromatic N) is 5. The van der Waals surface area contributed by atoms with Gasteiger partial charge in [-0.1, -0.05) is 0 Å². The number of halogens is 1. The number of anilines is 1. The molecule has 0 aliphatic heterocycles. The van der Waals surface area contributed by atoms with Crippen LogP contribution in [-0.4, -0.2) is 36.3 Å². The summed E-state index contributed by atoms with van der Waals surface area (Å²) in [5.41, 5.74) is 0.691. The van der Waals surface area contributed by atoms with Gasteiger partial charge >= 0.3 is 5.82 Å². The SMILES string of the molecule is CCn1cc(NC(=O)Cn2nc([N+](=O)[O-])c(Br)c2C)c(C(=O)NCc2ccco2)n1. The van der Waals surface area contributed by atoms with Gasteiger partial charge in [-0.2, -0.15) is 9.78 Å². The maximum atomic E-state index is 12.5. The zero-order chi connectivity index (χ0) is 21.8. The van der Waals surface area contributed by atoms with Crippen LogP contribution in [0.4, 0.5) is 11.5 Å². The third kappa shape index (κ3) is 4.56. The van der Waals surface area contributed by atoms with Crippen LogP contribution in [0.2, 0.25) is 0 Å². The minimum atomic E-state index is -0.641. The van der Waals surface area contributed by atoms with Crippen molar-refractivity contribution in [2.75, 3.05) is 5.32 Å². The van der Waals surface area contributed by atoms with Crippen molar-refractivity contribution in [2.24, 2.45) is 0 Å². The van der Waals surface area contributed by atoms with Gasteiger partial charge in [-0.05, 0) is 46.8 Å². The summed E-state index contributed by atoms with van der Waals surface area (Å²) in [6, 6.07) is 3.43. The molecule has 2 amide bonds. The van der Waals surface area contributed by atoms with Crippen LogP contribution >= 0.6 is 15.9 Å². The van der Waals surface area contributed by atoms with Crippen molar-refractivity contribution in [3.05, 3.63) is 56.3 Å². The normalized spacial score (nSPS) is 10.8. The van der Waals surface area contributed by atoms with Gasteiger partial charge in [0.15, 0.2) is 5.69 Å². The zero-order valence-electron chi connectivity index (χ0n) is 16.1. The van der Waals surface area contributed by atoms with Crippen LogP contribution in [0.25, 0.3) is 0 Å². The molecule has 12 nitrogen and oxygen atoms in total. The van der Waals surface area contributed by atoms with Gasteiger partial charge in [0, 0.05) is 12.7 Å². The van der Waals surface area contributed by atoms with Crippen LogP contribution in [0.15, 0.2) is 33.5 Å². The molecule has 0 spiro atoms. The van der Waals surface area contributed by atoms with E-state index in [1.54, 1.807) is 19.1 Å². The number of hydrogen-bond acceptors (Lipinski definition) is 7. The van der Waals surface area contributed by atoms with E-state index in [9.17, 15) is 19.7 Å². The van der Waals surface area contributed by atoms with Gasteiger partial charge in [0.1, 0.15) is 16.8 Å². The van der Waals surface area contributed by atoms with E-state index in [1.807, 2.05) is 6.92 Å². The second kappa shape index (κ2) is 8.90. The minimum Gasteiger partial charge on any atom is -0.467 e. The lowest BCUT2D eigenvalue weighted by molar-refractivity contribution is -0.390. The van der Waals surface area contributed by atoms with Gasteiger partial charge in [-0.15, -0.1) is 0 Å². The molecule has 0 bridgehead atoms. The molecule has 158 valence electrons. The molecule has 0 saturated carbocycles. The maximum absolute atomic E-state index is 12.5. The summed E-state index contributed by atoms with van der Waals surface area (Å²) in [6.07, 6.45) is 3.03. The fourth-order valence-electron chi connectivity index (χ4n) is 2.61. The number of furan rings is 1. The van der Waals surface area contributed by atoms with E-state index >= 15 is 0 Å². The standard InChI is InChI=1S/C17H18BrN7O5/c1-3-23-8-12(15(21-23)17(27)19-7-11-5-4-6-30-11)20-13(26)9-24-10(2)14(18)16(22-24)25(28)29/h4-6,8H,3,7,9H2,1-2H3,(H,19,27)(H,20,26). The average Bonchev–Trinajstić information content (AvgIpc) is 3.42. The van der Waals surface area contributed by atoms with Crippen molar-refractivity contribution < 1.29 is 18.9 Å². The Balaban J connectivity index is 1.73. The van der Waals surface area contributed by atoms with Crippen molar-refractivity contribution in [3.8, 4) is 0 Å². The second-order valence-electron chi connectivity index (χ2n) is 6.20. The van der Waals surface area contributed by atoms with Crippen molar-refractivity contribution >= 4 is 39.2 Å². The lowest BCUT2D eigenvalue weighted by atomic mass is 10.3. The average molecular weight is 480 g/mol. The van der Waals surface area contributed by atoms with Gasteiger partial charge in [-0.25, -0.2) is 0 Å². The topological polar surface area (TPSA) is 150 Å². The highest BCUT2D eigenvalue weighted by Crippen LogP contribution is 2.27. The van der Waals surface area contributed by atoms with E-state index in [0.29, 0.717) is 18.0 Å². The molecule has 0 radical (unpaired) electrons. The summed E-state index contributed by atoms with van der Waals surface area (Å²) in [5, 5.41) is 24.3. The lowest BCUT2D eigenvalue weighted by Gasteiger charge is -2.05. The summed E-state index contributed by atoms with van der Waals surface area (Å²) in [7, 11) is 0. The number of amides is 2. The number of hydrogen-bond donors (Lipinski definition) is 2. The van der Waals surface area contributed by atoms with Crippen LogP contribution in [0.3, 0.4) is 0 Å². The first-order chi connectivity index (χ1) is 14.3. The molecule has 0 unspecified atom stereocenters. The number of aromatic nitrogens is 4. The highest BCUT2D eigenvalue weighted by molar-refractivity contribution is 9.10. The van der Waals surface area contributed by atoms with Crippen molar-refractivity contribution in [2.45, 2.75) is 33.5 Å². The predicted octanol–water partition coefficient (Wildman–Crippen LogP) is 2.24. The smallest absolute Gasteiger partial charge is 0.404 e. The number of nitrogens with one attached hydrogen (secondary N) is 2. The van der Waals surface area contributed by atoms with Gasteiger partial charge in [0.2, 0.25) is 5.91 Å². The molecular weight excluding hydrogens is 462 g/mol. The summed E-state index contributed by atoms with van der Waals surface area (Å²) in [4.78, 5) is 35.4. The van der Waals surface area contributed by atoms with E-state index in [0.717, 1.165) is 0 Å². The third-order valence-corrected chi connectivity index (χ3v) is 5.09. The number of nitro groups is 1. The van der Waals surface area contributed by atoms with E-state index in [2.05, 4.69) is 36.8 Å². The molecule has 0 atom stereocenters. The fraction of sp³-hybridized carbons (Fsp3) is 0.294. The molecule has 3 rings (SSSR count). The Morgan fingerprint density at radius 1 is 1.37 bits per heavy atom. The van der Waals surface area contributed by atoms with E-state index in [-0.39, 0.29) is 34.8 Å². The van der Waals surface area contributed by atoms with Crippen molar-refractivity contribution in [1.29, 1.82) is 0 Å². The minimum absolute atomic E-state index is 0.0427. The van der Waals surface area contributed by atoms with E-state index in [4.69, 9.17) is 4.42 Å². The van der Waals surface area contributed by atoms with Crippen LogP contribution in [0, 0.1) is 17.0 Å².